The van der Waals surface area contributed by atoms with Crippen LogP contribution in [0.3, 0.4) is 0 Å². The predicted molar refractivity (Wildman–Crippen MR) is 99.2 cm³/mol. The summed E-state index contributed by atoms with van der Waals surface area (Å²) in [5.41, 5.74) is 9.72. The number of nitrogens with zero attached hydrogens (tertiary/aromatic N) is 2. The summed E-state index contributed by atoms with van der Waals surface area (Å²) in [7, 11) is 0. The van der Waals surface area contributed by atoms with Gasteiger partial charge < -0.3 is 10.7 Å². The molecular weight excluding hydrogens is 334 g/mol. The summed E-state index contributed by atoms with van der Waals surface area (Å²) in [5, 5.41) is 0.390. The van der Waals surface area contributed by atoms with E-state index in [1.807, 2.05) is 6.92 Å². The molecule has 0 spiro atoms. The first-order valence-electron chi connectivity index (χ1n) is 8.41. The number of aromatic amines is 1. The molecule has 0 bridgehead atoms. The third-order valence-corrected chi connectivity index (χ3v) is 4.68. The lowest BCUT2D eigenvalue weighted by molar-refractivity contribution is 0.591. The van der Waals surface area contributed by atoms with Crippen LogP contribution < -0.4 is 5.73 Å². The first kappa shape index (κ1) is 16.4. The lowest BCUT2D eigenvalue weighted by atomic mass is 9.89. The van der Waals surface area contributed by atoms with Gasteiger partial charge in [-0.1, -0.05) is 19.1 Å². The van der Waals surface area contributed by atoms with Crippen molar-refractivity contribution in [2.24, 2.45) is 5.92 Å². The van der Waals surface area contributed by atoms with Gasteiger partial charge in [-0.2, -0.15) is 0 Å². The number of H-pyrrole nitrogens is 1. The minimum atomic E-state index is -0.653. The zero-order chi connectivity index (χ0) is 18.4. The smallest absolute Gasteiger partial charge is 0.164 e. The molecule has 1 aromatic carbocycles. The van der Waals surface area contributed by atoms with E-state index in [0.29, 0.717) is 28.5 Å². The number of hydrogen-bond acceptors (Lipinski definition) is 3. The van der Waals surface area contributed by atoms with E-state index in [1.165, 1.54) is 6.07 Å². The van der Waals surface area contributed by atoms with Crippen LogP contribution in [0.5, 0.6) is 0 Å². The Bertz CT molecular complexity index is 1080. The summed E-state index contributed by atoms with van der Waals surface area (Å²) in [6.45, 7) is 4.17. The molecule has 1 unspecified atom stereocenters. The maximum absolute atomic E-state index is 14.0. The second-order valence-corrected chi connectivity index (χ2v) is 6.72. The van der Waals surface area contributed by atoms with E-state index in [1.54, 1.807) is 12.3 Å². The minimum absolute atomic E-state index is 0.221. The van der Waals surface area contributed by atoms with Crippen molar-refractivity contribution < 1.29 is 8.78 Å². The van der Waals surface area contributed by atoms with Crippen LogP contribution in [0.4, 0.5) is 14.6 Å². The van der Waals surface area contributed by atoms with Gasteiger partial charge in [0, 0.05) is 29.3 Å². The molecular formula is C20H18F2N4. The largest absolute Gasteiger partial charge is 0.384 e. The number of allylic oxidation sites excluding steroid dienone is 4. The molecule has 4 rings (SSSR count). The van der Waals surface area contributed by atoms with Crippen LogP contribution in [0.2, 0.25) is 0 Å². The minimum Gasteiger partial charge on any atom is -0.384 e. The highest BCUT2D eigenvalue weighted by atomic mass is 19.1. The van der Waals surface area contributed by atoms with Crippen molar-refractivity contribution in [1.29, 1.82) is 0 Å². The maximum atomic E-state index is 14.0. The van der Waals surface area contributed by atoms with E-state index in [9.17, 15) is 8.78 Å². The molecule has 26 heavy (non-hydrogen) atoms. The Balaban J connectivity index is 1.90. The standard InChI is InChI=1S/C20H18F2N4/c1-10-3-4-11(2)13(5-10)17-8-18(23)26-20(25-17)15-9-24-19-14(15)6-12(21)7-16(19)22/h3-4,6-10,24H,5H2,1-2H3,(H2,23,25,26). The van der Waals surface area contributed by atoms with Crippen molar-refractivity contribution >= 4 is 22.3 Å². The number of halogens is 2. The molecule has 3 N–H and O–H groups in total. The van der Waals surface area contributed by atoms with E-state index in [-0.39, 0.29) is 5.52 Å². The van der Waals surface area contributed by atoms with Crippen LogP contribution in [0.1, 0.15) is 26.0 Å². The molecule has 1 aliphatic rings. The van der Waals surface area contributed by atoms with Gasteiger partial charge in [0.2, 0.25) is 0 Å². The van der Waals surface area contributed by atoms with Crippen molar-refractivity contribution in [1.82, 2.24) is 15.0 Å². The fourth-order valence-electron chi connectivity index (χ4n) is 3.35. The molecule has 0 aliphatic heterocycles. The second kappa shape index (κ2) is 6.05. The zero-order valence-electron chi connectivity index (χ0n) is 14.5. The topological polar surface area (TPSA) is 67.6 Å². The summed E-state index contributed by atoms with van der Waals surface area (Å²) >= 11 is 0. The fraction of sp³-hybridized carbons (Fsp3) is 0.200. The maximum Gasteiger partial charge on any atom is 0.164 e. The van der Waals surface area contributed by atoms with E-state index in [2.05, 4.69) is 34.0 Å². The average molecular weight is 352 g/mol. The van der Waals surface area contributed by atoms with Gasteiger partial charge in [0.05, 0.1) is 11.2 Å². The summed E-state index contributed by atoms with van der Waals surface area (Å²) in [6, 6.07) is 3.86. The van der Waals surface area contributed by atoms with Crippen LogP contribution in [0, 0.1) is 17.6 Å². The highest BCUT2D eigenvalue weighted by Crippen LogP contribution is 2.34. The van der Waals surface area contributed by atoms with Gasteiger partial charge >= 0.3 is 0 Å². The second-order valence-electron chi connectivity index (χ2n) is 6.72. The molecule has 6 heteroatoms. The Morgan fingerprint density at radius 2 is 2.00 bits per heavy atom. The van der Waals surface area contributed by atoms with E-state index < -0.39 is 11.6 Å². The lowest BCUT2D eigenvalue weighted by Crippen LogP contribution is -2.05. The molecule has 1 aliphatic carbocycles. The molecule has 132 valence electrons. The van der Waals surface area contributed by atoms with Crippen LogP contribution in [-0.2, 0) is 0 Å². The van der Waals surface area contributed by atoms with Crippen molar-refractivity contribution in [3.05, 3.63) is 59.4 Å². The van der Waals surface area contributed by atoms with Crippen molar-refractivity contribution in [3.63, 3.8) is 0 Å². The SMILES string of the molecule is CC1=C(c2cc(N)nc(-c3c[nH]c4c(F)cc(F)cc34)n2)CC(C)C=C1. The fourth-order valence-corrected chi connectivity index (χ4v) is 3.35. The Labute approximate surface area is 149 Å². The van der Waals surface area contributed by atoms with Gasteiger partial charge in [-0.25, -0.2) is 18.7 Å². The van der Waals surface area contributed by atoms with Crippen molar-refractivity contribution in [3.8, 4) is 11.4 Å². The summed E-state index contributed by atoms with van der Waals surface area (Å²) in [6.07, 6.45) is 6.68. The quantitative estimate of drug-likeness (QED) is 0.692. The Kier molecular flexibility index (Phi) is 3.83. The summed E-state index contributed by atoms with van der Waals surface area (Å²) < 4.78 is 27.6. The zero-order valence-corrected chi connectivity index (χ0v) is 14.5. The van der Waals surface area contributed by atoms with Crippen molar-refractivity contribution in [2.45, 2.75) is 20.3 Å². The van der Waals surface area contributed by atoms with Crippen LogP contribution in [-0.4, -0.2) is 15.0 Å². The van der Waals surface area contributed by atoms with Crippen LogP contribution >= 0.6 is 0 Å². The average Bonchev–Trinajstić information content (AvgIpc) is 3.00. The number of hydrogen-bond donors (Lipinski definition) is 2. The number of rotatable bonds is 2. The first-order chi connectivity index (χ1) is 12.4. The van der Waals surface area contributed by atoms with E-state index in [4.69, 9.17) is 5.73 Å². The van der Waals surface area contributed by atoms with Gasteiger partial charge in [0.15, 0.2) is 5.82 Å². The van der Waals surface area contributed by atoms with Crippen LogP contribution in [0.25, 0.3) is 27.9 Å². The number of nitrogens with one attached hydrogen (secondary N) is 1. The number of fused-ring (bicyclic) bond motifs is 1. The molecule has 0 saturated carbocycles. The first-order valence-corrected chi connectivity index (χ1v) is 8.41. The predicted octanol–water partition coefficient (Wildman–Crippen LogP) is 4.85. The van der Waals surface area contributed by atoms with Gasteiger partial charge in [-0.05, 0) is 36.5 Å². The van der Waals surface area contributed by atoms with E-state index in [0.717, 1.165) is 29.3 Å². The number of anilines is 1. The van der Waals surface area contributed by atoms with E-state index >= 15 is 0 Å². The molecule has 2 heterocycles. The van der Waals surface area contributed by atoms with Gasteiger partial charge in [-0.15, -0.1) is 0 Å². The molecule has 4 nitrogen and oxygen atoms in total. The lowest BCUT2D eigenvalue weighted by Gasteiger charge is -2.18. The monoisotopic (exact) mass is 352 g/mol. The molecule has 0 saturated heterocycles. The third-order valence-electron chi connectivity index (χ3n) is 4.68. The summed E-state index contributed by atoms with van der Waals surface area (Å²) in [5.74, 6) is -0.230. The molecule has 2 aromatic heterocycles. The Morgan fingerprint density at radius 3 is 2.81 bits per heavy atom. The molecule has 0 fully saturated rings. The normalized spacial score (nSPS) is 17.3. The number of nitrogens with two attached hydrogens (primary N) is 1. The van der Waals surface area contributed by atoms with Crippen LogP contribution in [0.15, 0.2) is 42.1 Å². The molecule has 0 amide bonds. The molecule has 1 atom stereocenters. The number of aromatic nitrogens is 3. The Morgan fingerprint density at radius 1 is 1.19 bits per heavy atom. The molecule has 0 radical (unpaired) electrons. The third kappa shape index (κ3) is 2.77. The van der Waals surface area contributed by atoms with Gasteiger partial charge in [-0.3, -0.25) is 0 Å². The van der Waals surface area contributed by atoms with Gasteiger partial charge in [0.1, 0.15) is 17.5 Å². The Hall–Kier alpha value is -3.02. The highest BCUT2D eigenvalue weighted by molar-refractivity contribution is 5.94. The van der Waals surface area contributed by atoms with Gasteiger partial charge in [0.25, 0.3) is 0 Å². The number of benzene rings is 1. The van der Waals surface area contributed by atoms with Crippen molar-refractivity contribution in [2.75, 3.05) is 5.73 Å². The molecule has 3 aromatic rings. The highest BCUT2D eigenvalue weighted by Gasteiger charge is 2.18. The number of nitrogen functional groups attached to an aromatic ring is 1. The summed E-state index contributed by atoms with van der Waals surface area (Å²) in [4.78, 5) is 11.8.